The second-order valence-corrected chi connectivity index (χ2v) is 0.224. The summed E-state index contributed by atoms with van der Waals surface area (Å²) in [4.78, 5) is 24.0. The zero-order chi connectivity index (χ0) is 8.12. The second-order valence-electron chi connectivity index (χ2n) is 0.224. The number of nitrogens with zero attached hydrogens (tertiary/aromatic N) is 3. The first kappa shape index (κ1) is 23.3. The van der Waals surface area contributed by atoms with Gasteiger partial charge in [-0.1, -0.05) is 0 Å². The Morgan fingerprint density at radius 1 is 0.700 bits per heavy atom. The molecule has 10 heteroatoms. The second kappa shape index (κ2) is 118. The van der Waals surface area contributed by atoms with Crippen LogP contribution in [0.25, 0.3) is 0 Å². The molecule has 9 nitrogen and oxygen atoms in total. The van der Waals surface area contributed by atoms with Crippen LogP contribution < -0.4 is 0 Å². The maximum absolute atomic E-state index is 8.00. The third-order valence-corrected chi connectivity index (χ3v) is 0. The standard InChI is InChI=1S/Fe.3HNO2/c;3*2-1-3/h;3*(H,2,3)/p-3. The molecule has 0 bridgehead atoms. The zero-order valence-electron chi connectivity index (χ0n) is 4.14. The number of rotatable bonds is 0. The van der Waals surface area contributed by atoms with Crippen molar-refractivity contribution in [3.05, 3.63) is 30.3 Å². The van der Waals surface area contributed by atoms with Gasteiger partial charge in [-0.25, -0.2) is 0 Å². The van der Waals surface area contributed by atoms with Gasteiger partial charge < -0.3 is 30.3 Å². The molecule has 0 heterocycles. The van der Waals surface area contributed by atoms with Gasteiger partial charge in [0.2, 0.25) is 0 Å². The molecular formula is FeN3O6-3. The third kappa shape index (κ3) is 134. The van der Waals surface area contributed by atoms with E-state index in [0.717, 1.165) is 16.0 Å². The van der Waals surface area contributed by atoms with Crippen LogP contribution in [0.2, 0.25) is 0 Å². The van der Waals surface area contributed by atoms with E-state index < -0.39 is 0 Å². The predicted octanol–water partition coefficient (Wildman–Crippen LogP) is 0.749. The van der Waals surface area contributed by atoms with Crippen molar-refractivity contribution in [2.45, 2.75) is 0 Å². The van der Waals surface area contributed by atoms with Crippen LogP contribution >= 0.6 is 0 Å². The number of hydrogen-bond donors (Lipinski definition) is 0. The molecule has 0 aliphatic carbocycles. The Morgan fingerprint density at radius 2 is 0.700 bits per heavy atom. The minimum atomic E-state index is 0. The van der Waals surface area contributed by atoms with Crippen molar-refractivity contribution >= 4 is 0 Å². The zero-order valence-corrected chi connectivity index (χ0v) is 5.25. The topological polar surface area (TPSA) is 157 Å². The van der Waals surface area contributed by atoms with Crippen molar-refractivity contribution < 1.29 is 17.1 Å². The molecule has 0 rings (SSSR count). The summed E-state index contributed by atoms with van der Waals surface area (Å²) < 4.78 is 0. The van der Waals surface area contributed by atoms with E-state index in [2.05, 4.69) is 0 Å². The van der Waals surface area contributed by atoms with E-state index in [1.807, 2.05) is 0 Å². The normalized spacial score (nSPS) is 3.60. The Bertz CT molecular complexity index is 49.7. The van der Waals surface area contributed by atoms with E-state index in [4.69, 9.17) is 30.3 Å². The van der Waals surface area contributed by atoms with E-state index in [1.165, 1.54) is 0 Å². The fraction of sp³-hybridized carbons (Fsp3) is 0. The summed E-state index contributed by atoms with van der Waals surface area (Å²) in [6.45, 7) is 0. The molecule has 0 radical (unpaired) electrons. The van der Waals surface area contributed by atoms with Crippen LogP contribution in [0.4, 0.5) is 0 Å². The first-order valence-corrected chi connectivity index (χ1v) is 1.10. The predicted molar refractivity (Wildman–Crippen MR) is 27.5 cm³/mol. The Balaban J connectivity index is -0.0000000257. The summed E-state index contributed by atoms with van der Waals surface area (Å²) in [5, 5.41) is 27.0. The van der Waals surface area contributed by atoms with E-state index in [0.29, 0.717) is 0 Å². The van der Waals surface area contributed by atoms with Crippen molar-refractivity contribution in [3.63, 3.8) is 0 Å². The first-order chi connectivity index (χ1) is 4.24. The Morgan fingerprint density at radius 3 is 0.700 bits per heavy atom. The molecule has 0 aromatic heterocycles. The summed E-state index contributed by atoms with van der Waals surface area (Å²) in [5.41, 5.74) is 0. The van der Waals surface area contributed by atoms with Crippen molar-refractivity contribution in [2.24, 2.45) is 16.0 Å². The van der Waals surface area contributed by atoms with E-state index >= 15 is 0 Å². The Labute approximate surface area is 64.3 Å². The SMILES string of the molecule is O=N[O-].O=N[O-].O=N[O-].[Fe]. The monoisotopic (exact) mass is 194 g/mol. The molecule has 0 aliphatic rings. The number of hydrogen-bond acceptors (Lipinski definition) is 9. The van der Waals surface area contributed by atoms with Gasteiger partial charge in [0, 0.05) is 17.1 Å². The molecule has 0 unspecified atom stereocenters. The van der Waals surface area contributed by atoms with E-state index in [-0.39, 0.29) is 17.1 Å². The van der Waals surface area contributed by atoms with Crippen LogP contribution in [-0.2, 0) is 17.1 Å². The van der Waals surface area contributed by atoms with Crippen LogP contribution in [0.3, 0.4) is 0 Å². The van der Waals surface area contributed by atoms with Crippen LogP contribution in [0, 0.1) is 30.3 Å². The molecule has 0 saturated carbocycles. The van der Waals surface area contributed by atoms with Gasteiger partial charge in [-0.3, -0.25) is 0 Å². The molecule has 0 spiro atoms. The fourth-order valence-electron chi connectivity index (χ4n) is 0. The average molecular weight is 194 g/mol. The fourth-order valence-corrected chi connectivity index (χ4v) is 0. The average Bonchev–Trinajstić information content (AvgIpc) is 1.70. The van der Waals surface area contributed by atoms with Gasteiger partial charge in [-0.05, 0) is 0 Å². The van der Waals surface area contributed by atoms with Gasteiger partial charge in [-0.2, -0.15) is 0 Å². The van der Waals surface area contributed by atoms with Gasteiger partial charge in [-0.15, -0.1) is 16.0 Å². The smallest absolute Gasteiger partial charge is 0 e. The molecule has 0 saturated heterocycles. The van der Waals surface area contributed by atoms with Gasteiger partial charge in [0.05, 0.1) is 0 Å². The summed E-state index contributed by atoms with van der Waals surface area (Å²) >= 11 is 0. The molecule has 0 aromatic rings. The van der Waals surface area contributed by atoms with Crippen molar-refractivity contribution in [1.82, 2.24) is 0 Å². The largest absolute Gasteiger partial charge is 0.444 e. The molecular weight excluding hydrogens is 194 g/mol. The van der Waals surface area contributed by atoms with Gasteiger partial charge in [0.15, 0.2) is 0 Å². The molecule has 0 fully saturated rings. The maximum atomic E-state index is 8.00. The summed E-state index contributed by atoms with van der Waals surface area (Å²) in [6, 6.07) is 0. The molecule has 0 aromatic carbocycles. The maximum Gasteiger partial charge on any atom is 0 e. The Hall–Kier alpha value is -1.28. The molecule has 10 heavy (non-hydrogen) atoms. The van der Waals surface area contributed by atoms with Crippen LogP contribution in [0.1, 0.15) is 0 Å². The summed E-state index contributed by atoms with van der Waals surface area (Å²) in [7, 11) is 0. The van der Waals surface area contributed by atoms with Crippen molar-refractivity contribution in [3.8, 4) is 0 Å². The Kier molecular flexibility index (Phi) is 275. The minimum Gasteiger partial charge on any atom is -0.444 e. The minimum absolute atomic E-state index is 0. The van der Waals surface area contributed by atoms with Crippen molar-refractivity contribution in [2.75, 3.05) is 0 Å². The first-order valence-electron chi connectivity index (χ1n) is 1.10. The molecule has 0 atom stereocenters. The van der Waals surface area contributed by atoms with E-state index in [9.17, 15) is 0 Å². The van der Waals surface area contributed by atoms with Crippen molar-refractivity contribution in [1.29, 1.82) is 0 Å². The van der Waals surface area contributed by atoms with Gasteiger partial charge in [0.25, 0.3) is 0 Å². The molecule has 0 aliphatic heterocycles. The molecule has 0 amide bonds. The van der Waals surface area contributed by atoms with Gasteiger partial charge in [0.1, 0.15) is 0 Å². The van der Waals surface area contributed by atoms with Crippen LogP contribution in [-0.4, -0.2) is 0 Å². The van der Waals surface area contributed by atoms with Crippen LogP contribution in [0.15, 0.2) is 16.0 Å². The van der Waals surface area contributed by atoms with Gasteiger partial charge >= 0.3 is 0 Å². The summed E-state index contributed by atoms with van der Waals surface area (Å²) in [6.07, 6.45) is 0. The third-order valence-electron chi connectivity index (χ3n) is 0. The summed E-state index contributed by atoms with van der Waals surface area (Å²) in [5.74, 6) is 0. The quantitative estimate of drug-likeness (QED) is 0.314. The molecule has 0 N–H and O–H groups in total. The van der Waals surface area contributed by atoms with Crippen LogP contribution in [0.5, 0.6) is 0 Å². The van der Waals surface area contributed by atoms with E-state index in [1.54, 1.807) is 0 Å². The molecule has 62 valence electrons.